The van der Waals surface area contributed by atoms with Crippen LogP contribution in [0.4, 0.5) is 0 Å². The van der Waals surface area contributed by atoms with E-state index in [1.807, 2.05) is 82.3 Å². The molecule has 2 saturated carbocycles. The number of unbranched alkanes of at least 4 members (excludes halogenated alkanes) is 6. The number of rotatable bonds is 29. The normalized spacial score (nSPS) is 16.7. The summed E-state index contributed by atoms with van der Waals surface area (Å²) in [6.07, 6.45) is 19.5. The van der Waals surface area contributed by atoms with Crippen LogP contribution in [0.1, 0.15) is 136 Å². The number of benzene rings is 3. The summed E-state index contributed by atoms with van der Waals surface area (Å²) in [6, 6.07) is 20.3. The van der Waals surface area contributed by atoms with Gasteiger partial charge in [0, 0.05) is 29.8 Å². The van der Waals surface area contributed by atoms with Gasteiger partial charge in [0.15, 0.2) is 0 Å². The Hall–Kier alpha value is -6.11. The Kier molecular flexibility index (Phi) is 33.2. The van der Waals surface area contributed by atoms with Gasteiger partial charge in [0.05, 0.1) is 52.7 Å². The predicted molar refractivity (Wildman–Crippen MR) is 280 cm³/mol. The molecule has 0 unspecified atom stereocenters. The highest BCUT2D eigenvalue weighted by molar-refractivity contribution is 5.82. The van der Waals surface area contributed by atoms with Crippen molar-refractivity contribution in [3.05, 3.63) is 97.6 Å². The van der Waals surface area contributed by atoms with E-state index in [0.717, 1.165) is 126 Å². The van der Waals surface area contributed by atoms with Gasteiger partial charge in [-0.1, -0.05) is 40.9 Å². The van der Waals surface area contributed by atoms with E-state index in [2.05, 4.69) is 13.2 Å². The molecule has 0 spiro atoms. The molecule has 13 heteroatoms. The predicted octanol–water partition coefficient (Wildman–Crippen LogP) is 12.9. The van der Waals surface area contributed by atoms with Crippen molar-refractivity contribution in [3.63, 3.8) is 0 Å². The maximum absolute atomic E-state index is 12.8. The number of aldehydes is 1. The zero-order chi connectivity index (χ0) is 51.9. The maximum Gasteiger partial charge on any atom is 0.330 e. The second-order valence-electron chi connectivity index (χ2n) is 16.9. The Morgan fingerprint density at radius 2 is 0.986 bits per heavy atom. The van der Waals surface area contributed by atoms with E-state index < -0.39 is 0 Å². The quantitative estimate of drug-likeness (QED) is 0.0175. The Morgan fingerprint density at radius 3 is 1.45 bits per heavy atom. The summed E-state index contributed by atoms with van der Waals surface area (Å²) in [5.74, 6) is 4.23. The first kappa shape index (κ1) is 61.0. The molecule has 1 N–H and O–H groups in total. The lowest BCUT2D eigenvalue weighted by Crippen LogP contribution is -2.27. The zero-order valence-corrected chi connectivity index (χ0v) is 43.3. The molecule has 0 aliphatic heterocycles. The topological polar surface area (TPSA) is 166 Å². The van der Waals surface area contributed by atoms with Crippen LogP contribution < -0.4 is 28.4 Å². The summed E-state index contributed by atoms with van der Waals surface area (Å²) in [4.78, 5) is 45.6. The molecule has 2 aliphatic rings. The molecule has 71 heavy (non-hydrogen) atoms. The number of carbonyl (C=O) groups is 4. The molecule has 0 bridgehead atoms. The molecular weight excluding hydrogens is 903 g/mol. The first-order chi connectivity index (χ1) is 34.7. The van der Waals surface area contributed by atoms with E-state index in [4.69, 9.17) is 43.3 Å². The number of nitrogens with one attached hydrogen (secondary N) is 1. The van der Waals surface area contributed by atoms with Crippen molar-refractivity contribution in [2.24, 2.45) is 23.7 Å². The minimum absolute atomic E-state index is 0.128. The summed E-state index contributed by atoms with van der Waals surface area (Å²) < 4.78 is 44.1. The van der Waals surface area contributed by atoms with Gasteiger partial charge in [-0.2, -0.15) is 0 Å². The molecule has 3 aromatic rings. The number of ether oxygens (including phenoxy) is 8. The third kappa shape index (κ3) is 26.1. The first-order valence-electron chi connectivity index (χ1n) is 25.9. The first-order valence-corrected chi connectivity index (χ1v) is 25.9. The van der Waals surface area contributed by atoms with E-state index in [-0.39, 0.29) is 29.7 Å². The van der Waals surface area contributed by atoms with Crippen LogP contribution in [0.3, 0.4) is 0 Å². The Balaban J connectivity index is 0.000000601. The molecule has 0 saturated heterocycles. The molecule has 0 atom stereocenters. The molecule has 3 aromatic carbocycles. The lowest BCUT2D eigenvalue weighted by molar-refractivity contribution is -0.140. The minimum Gasteiger partial charge on any atom is -0.497 e. The molecule has 2 aliphatic carbocycles. The minimum atomic E-state index is -0.386. The van der Waals surface area contributed by atoms with E-state index in [0.29, 0.717) is 74.3 Å². The van der Waals surface area contributed by atoms with Crippen molar-refractivity contribution in [2.45, 2.75) is 130 Å². The number of hydrogen-bond acceptors (Lipinski definition) is 13. The van der Waals surface area contributed by atoms with Crippen LogP contribution in [0.15, 0.2) is 92.0 Å². The fraction of sp³-hybridized carbons (Fsp3) is 0.534. The van der Waals surface area contributed by atoms with Crippen molar-refractivity contribution in [1.29, 1.82) is 5.41 Å². The number of esters is 3. The smallest absolute Gasteiger partial charge is 0.330 e. The SMILES string of the molecule is C=CC(=O)OCCCCCCOc1ccc(OC(=O)C2CCC(COc3ccc(OCC4CCC(C=O)CC4)c(C=N)c3)CC2)cc1.C=CC(=O)OCCCCCCOc1ccc(OC)cc1.CC.CC. The largest absolute Gasteiger partial charge is 0.497 e. The average Bonchev–Trinajstić information content (AvgIpc) is 3.43. The van der Waals surface area contributed by atoms with E-state index in [9.17, 15) is 19.2 Å². The highest BCUT2D eigenvalue weighted by atomic mass is 16.5. The van der Waals surface area contributed by atoms with Gasteiger partial charge in [-0.3, -0.25) is 4.79 Å². The highest BCUT2D eigenvalue weighted by Gasteiger charge is 2.28. The maximum atomic E-state index is 12.8. The standard InChI is InChI=1S/C38H49NO8.C16H22O4.2C2H6/c1-2-37(41)44-22-6-4-3-5-21-43-33-15-17-34(18-16-33)47-38(42)31-13-11-30(12-14-31)26-45-35-19-20-36(32(23-35)24-39)46-27-29-9-7-28(25-40)8-10-29;1-3-16(17)20-13-7-5-4-6-12-19-15-10-8-14(18-2)9-11-15;2*1-2/h2,15-20,23-25,28-31,39H,1,3-14,21-22,26-27H2;3,8-11H,1,4-7,12-13H2,2H3;2*1-2H3. The van der Waals surface area contributed by atoms with Gasteiger partial charge >= 0.3 is 17.9 Å². The van der Waals surface area contributed by atoms with Crippen molar-refractivity contribution >= 4 is 30.4 Å². The third-order valence-corrected chi connectivity index (χ3v) is 11.9. The average molecular weight is 986 g/mol. The van der Waals surface area contributed by atoms with Crippen LogP contribution in [0.5, 0.6) is 34.5 Å². The van der Waals surface area contributed by atoms with E-state index in [1.54, 1.807) is 19.2 Å². The molecule has 0 heterocycles. The summed E-state index contributed by atoms with van der Waals surface area (Å²) in [6.45, 7) is 18.0. The van der Waals surface area contributed by atoms with Crippen LogP contribution in [-0.4, -0.2) is 77.2 Å². The summed E-state index contributed by atoms with van der Waals surface area (Å²) in [7, 11) is 1.64. The Morgan fingerprint density at radius 1 is 0.549 bits per heavy atom. The van der Waals surface area contributed by atoms with Gasteiger partial charge in [-0.05, 0) is 181 Å². The molecular formula is C58H83NO12. The molecule has 0 aromatic heterocycles. The van der Waals surface area contributed by atoms with Gasteiger partial charge < -0.3 is 48.1 Å². The third-order valence-electron chi connectivity index (χ3n) is 11.9. The van der Waals surface area contributed by atoms with Crippen LogP contribution in [0.25, 0.3) is 0 Å². The van der Waals surface area contributed by atoms with E-state index >= 15 is 0 Å². The Labute approximate surface area is 424 Å². The number of methoxy groups -OCH3 is 1. The van der Waals surface area contributed by atoms with Gasteiger partial charge in [-0.15, -0.1) is 0 Å². The van der Waals surface area contributed by atoms with Gasteiger partial charge in [0.1, 0.15) is 40.8 Å². The van der Waals surface area contributed by atoms with Gasteiger partial charge in [-0.25, -0.2) is 9.59 Å². The van der Waals surface area contributed by atoms with Crippen molar-refractivity contribution in [1.82, 2.24) is 0 Å². The summed E-state index contributed by atoms with van der Waals surface area (Å²) >= 11 is 0. The molecule has 0 amide bonds. The monoisotopic (exact) mass is 986 g/mol. The van der Waals surface area contributed by atoms with E-state index in [1.165, 1.54) is 18.4 Å². The fourth-order valence-corrected chi connectivity index (χ4v) is 7.77. The lowest BCUT2D eigenvalue weighted by atomic mass is 9.82. The molecule has 2 fully saturated rings. The van der Waals surface area contributed by atoms with Gasteiger partial charge in [0.2, 0.25) is 0 Å². The van der Waals surface area contributed by atoms with Crippen LogP contribution in [0.2, 0.25) is 0 Å². The highest BCUT2D eigenvalue weighted by Crippen LogP contribution is 2.33. The van der Waals surface area contributed by atoms with Crippen LogP contribution >= 0.6 is 0 Å². The van der Waals surface area contributed by atoms with Crippen molar-refractivity contribution < 1.29 is 57.1 Å². The lowest BCUT2D eigenvalue weighted by Gasteiger charge is -2.27. The summed E-state index contributed by atoms with van der Waals surface area (Å²) in [5.41, 5.74) is 0.688. The molecule has 5 rings (SSSR count). The number of carbonyl (C=O) groups excluding carboxylic acids is 4. The second kappa shape index (κ2) is 38.6. The fourth-order valence-electron chi connectivity index (χ4n) is 7.77. The van der Waals surface area contributed by atoms with Crippen LogP contribution in [0, 0.1) is 29.1 Å². The molecule has 13 nitrogen and oxygen atoms in total. The van der Waals surface area contributed by atoms with Gasteiger partial charge in [0.25, 0.3) is 0 Å². The second-order valence-corrected chi connectivity index (χ2v) is 16.9. The Bertz CT molecular complexity index is 1930. The zero-order valence-electron chi connectivity index (χ0n) is 43.3. The van der Waals surface area contributed by atoms with Crippen LogP contribution in [-0.2, 0) is 28.7 Å². The number of hydrogen-bond donors (Lipinski definition) is 1. The van der Waals surface area contributed by atoms with Crippen molar-refractivity contribution in [2.75, 3.05) is 46.8 Å². The molecule has 0 radical (unpaired) electrons. The molecule has 392 valence electrons. The van der Waals surface area contributed by atoms with Crippen molar-refractivity contribution in [3.8, 4) is 34.5 Å². The summed E-state index contributed by atoms with van der Waals surface area (Å²) in [5, 5.41) is 7.85.